The van der Waals surface area contributed by atoms with E-state index in [9.17, 15) is 12.8 Å². The van der Waals surface area contributed by atoms with E-state index in [0.29, 0.717) is 17.3 Å². The van der Waals surface area contributed by atoms with Crippen LogP contribution in [-0.2, 0) is 16.6 Å². The maximum absolute atomic E-state index is 13.2. The topological polar surface area (TPSA) is 55.2 Å². The molecule has 0 amide bonds. The lowest BCUT2D eigenvalue weighted by atomic mass is 10.2. The lowest BCUT2D eigenvalue weighted by Crippen LogP contribution is -2.31. The highest BCUT2D eigenvalue weighted by Gasteiger charge is 2.39. The van der Waals surface area contributed by atoms with E-state index in [4.69, 9.17) is 0 Å². The van der Waals surface area contributed by atoms with Gasteiger partial charge in [-0.3, -0.25) is 0 Å². The Hall–Kier alpha value is -2.03. The van der Waals surface area contributed by atoms with Crippen LogP contribution in [-0.4, -0.2) is 28.8 Å². The molecule has 1 saturated heterocycles. The van der Waals surface area contributed by atoms with Gasteiger partial charge in [0.15, 0.2) is 0 Å². The Labute approximate surface area is 162 Å². The van der Waals surface area contributed by atoms with Gasteiger partial charge in [-0.1, -0.05) is 18.2 Å². The largest absolute Gasteiger partial charge is 0.327 e. The van der Waals surface area contributed by atoms with Crippen molar-refractivity contribution in [2.75, 3.05) is 6.54 Å². The number of nitrogens with zero attached hydrogens (tertiary/aromatic N) is 3. The number of aromatic nitrogens is 2. The molecule has 142 valence electrons. The van der Waals surface area contributed by atoms with Crippen LogP contribution in [0.4, 0.5) is 4.39 Å². The van der Waals surface area contributed by atoms with Crippen molar-refractivity contribution in [2.45, 2.75) is 36.6 Å². The lowest BCUT2D eigenvalue weighted by molar-refractivity contribution is 0.375. The molecule has 4 rings (SSSR count). The first-order chi connectivity index (χ1) is 13.0. The van der Waals surface area contributed by atoms with Crippen LogP contribution < -0.4 is 0 Å². The van der Waals surface area contributed by atoms with Crippen molar-refractivity contribution in [2.24, 2.45) is 0 Å². The van der Waals surface area contributed by atoms with Gasteiger partial charge in [0.05, 0.1) is 6.04 Å². The van der Waals surface area contributed by atoms with Crippen LogP contribution in [0.2, 0.25) is 0 Å². The molecule has 1 aliphatic rings. The van der Waals surface area contributed by atoms with E-state index in [0.717, 1.165) is 29.9 Å². The average Bonchev–Trinajstić information content (AvgIpc) is 3.39. The summed E-state index contributed by atoms with van der Waals surface area (Å²) in [5.41, 5.74) is 1.90. The third-order valence-corrected chi connectivity index (χ3v) is 8.18. The van der Waals surface area contributed by atoms with Crippen molar-refractivity contribution in [1.82, 2.24) is 13.9 Å². The average molecular weight is 406 g/mol. The van der Waals surface area contributed by atoms with Gasteiger partial charge >= 0.3 is 0 Å². The van der Waals surface area contributed by atoms with Crippen LogP contribution in [0.5, 0.6) is 0 Å². The molecule has 2 aromatic heterocycles. The van der Waals surface area contributed by atoms with E-state index in [2.05, 4.69) is 4.98 Å². The number of imidazole rings is 1. The maximum Gasteiger partial charge on any atom is 0.253 e. The van der Waals surface area contributed by atoms with Crippen LogP contribution >= 0.6 is 11.3 Å². The van der Waals surface area contributed by atoms with E-state index in [1.807, 2.05) is 11.5 Å². The summed E-state index contributed by atoms with van der Waals surface area (Å²) in [4.78, 5) is 4.54. The molecule has 1 atom stereocenters. The van der Waals surface area contributed by atoms with Gasteiger partial charge in [-0.2, -0.15) is 4.31 Å². The first-order valence-electron chi connectivity index (χ1n) is 8.78. The Morgan fingerprint density at radius 1 is 1.26 bits per heavy atom. The molecule has 3 heterocycles. The minimum absolute atomic E-state index is 0.273. The van der Waals surface area contributed by atoms with Gasteiger partial charge < -0.3 is 4.57 Å². The fourth-order valence-electron chi connectivity index (χ4n) is 3.54. The normalized spacial score (nSPS) is 18.2. The molecule has 1 unspecified atom stereocenters. The minimum atomic E-state index is -3.53. The third kappa shape index (κ3) is 3.44. The predicted molar refractivity (Wildman–Crippen MR) is 103 cm³/mol. The number of hydrogen-bond donors (Lipinski definition) is 0. The molecule has 3 aromatic rings. The SMILES string of the molecule is Cc1cnc(C2CCCN2S(=O)(=O)c2cccs2)n1Cc1ccc(F)cc1. The number of halogens is 1. The number of sulfonamides is 1. The smallest absolute Gasteiger partial charge is 0.253 e. The standard InChI is InChI=1S/C19H20FN3O2S2/c1-14-12-21-19(22(14)13-15-6-8-16(20)9-7-15)17-4-2-10-23(17)27(24,25)18-5-3-11-26-18/h3,5-9,11-12,17H,2,4,10,13H2,1H3. The zero-order valence-corrected chi connectivity index (χ0v) is 16.5. The molecule has 5 nitrogen and oxygen atoms in total. The lowest BCUT2D eigenvalue weighted by Gasteiger charge is -2.24. The highest BCUT2D eigenvalue weighted by Crippen LogP contribution is 2.37. The second-order valence-electron chi connectivity index (χ2n) is 6.68. The highest BCUT2D eigenvalue weighted by atomic mass is 32.2. The number of thiophene rings is 1. The summed E-state index contributed by atoms with van der Waals surface area (Å²) in [5, 5.41) is 1.78. The molecule has 1 fully saturated rings. The summed E-state index contributed by atoms with van der Waals surface area (Å²) in [5.74, 6) is 0.472. The zero-order chi connectivity index (χ0) is 19.0. The van der Waals surface area contributed by atoms with Gasteiger partial charge in [0, 0.05) is 25.0 Å². The molecule has 27 heavy (non-hydrogen) atoms. The zero-order valence-electron chi connectivity index (χ0n) is 14.9. The molecule has 0 N–H and O–H groups in total. The van der Waals surface area contributed by atoms with Gasteiger partial charge in [0.1, 0.15) is 15.9 Å². The van der Waals surface area contributed by atoms with E-state index < -0.39 is 10.0 Å². The summed E-state index contributed by atoms with van der Waals surface area (Å²) >= 11 is 1.23. The fraction of sp³-hybridized carbons (Fsp3) is 0.316. The van der Waals surface area contributed by atoms with Crippen molar-refractivity contribution in [3.05, 3.63) is 70.9 Å². The number of benzene rings is 1. The summed E-state index contributed by atoms with van der Waals surface area (Å²) in [6.45, 7) is 2.98. The van der Waals surface area contributed by atoms with E-state index in [1.54, 1.807) is 40.1 Å². The quantitative estimate of drug-likeness (QED) is 0.645. The maximum atomic E-state index is 13.2. The molecular weight excluding hydrogens is 385 g/mol. The minimum Gasteiger partial charge on any atom is -0.327 e. The van der Waals surface area contributed by atoms with Crippen LogP contribution in [0, 0.1) is 12.7 Å². The molecule has 1 aliphatic heterocycles. The van der Waals surface area contributed by atoms with Crippen LogP contribution in [0.25, 0.3) is 0 Å². The number of aryl methyl sites for hydroxylation is 1. The molecule has 0 bridgehead atoms. The fourth-order valence-corrected chi connectivity index (χ4v) is 6.31. The van der Waals surface area contributed by atoms with Crippen molar-refractivity contribution in [3.8, 4) is 0 Å². The second kappa shape index (κ2) is 7.18. The molecule has 0 spiro atoms. The molecular formula is C19H20FN3O2S2. The van der Waals surface area contributed by atoms with Crippen molar-refractivity contribution >= 4 is 21.4 Å². The van der Waals surface area contributed by atoms with Gasteiger partial charge in [-0.05, 0) is 48.9 Å². The van der Waals surface area contributed by atoms with Gasteiger partial charge in [-0.15, -0.1) is 11.3 Å². The van der Waals surface area contributed by atoms with Gasteiger partial charge in [0.2, 0.25) is 0 Å². The van der Waals surface area contributed by atoms with E-state index in [-0.39, 0.29) is 11.9 Å². The summed E-state index contributed by atoms with van der Waals surface area (Å²) in [6.07, 6.45) is 3.31. The van der Waals surface area contributed by atoms with Gasteiger partial charge in [-0.25, -0.2) is 17.8 Å². The Kier molecular flexibility index (Phi) is 4.88. The Morgan fingerprint density at radius 2 is 2.04 bits per heavy atom. The van der Waals surface area contributed by atoms with Crippen LogP contribution in [0.3, 0.4) is 0 Å². The molecule has 8 heteroatoms. The van der Waals surface area contributed by atoms with E-state index in [1.165, 1.54) is 23.5 Å². The third-order valence-electron chi connectivity index (χ3n) is 4.90. The Bertz CT molecular complexity index is 1030. The molecule has 0 aliphatic carbocycles. The Balaban J connectivity index is 1.68. The summed E-state index contributed by atoms with van der Waals surface area (Å²) in [6, 6.07) is 9.47. The van der Waals surface area contributed by atoms with Crippen molar-refractivity contribution < 1.29 is 12.8 Å². The number of rotatable bonds is 5. The first kappa shape index (κ1) is 18.3. The first-order valence-corrected chi connectivity index (χ1v) is 11.1. The second-order valence-corrected chi connectivity index (χ2v) is 9.74. The molecule has 1 aromatic carbocycles. The van der Waals surface area contributed by atoms with E-state index >= 15 is 0 Å². The molecule has 0 saturated carbocycles. The highest BCUT2D eigenvalue weighted by molar-refractivity contribution is 7.91. The Morgan fingerprint density at radius 3 is 2.74 bits per heavy atom. The molecule has 0 radical (unpaired) electrons. The summed E-state index contributed by atoms with van der Waals surface area (Å²) < 4.78 is 43.3. The summed E-state index contributed by atoms with van der Waals surface area (Å²) in [7, 11) is -3.53. The number of hydrogen-bond acceptors (Lipinski definition) is 4. The van der Waals surface area contributed by atoms with Gasteiger partial charge in [0.25, 0.3) is 10.0 Å². The predicted octanol–water partition coefficient (Wildman–Crippen LogP) is 3.97. The van der Waals surface area contributed by atoms with Crippen LogP contribution in [0.15, 0.2) is 52.2 Å². The van der Waals surface area contributed by atoms with Crippen molar-refractivity contribution in [3.63, 3.8) is 0 Å². The monoisotopic (exact) mass is 405 g/mol. The van der Waals surface area contributed by atoms with Crippen LogP contribution in [0.1, 0.15) is 36.0 Å². The van der Waals surface area contributed by atoms with Crippen molar-refractivity contribution in [1.29, 1.82) is 0 Å².